The lowest BCUT2D eigenvalue weighted by Gasteiger charge is -2.02. The Morgan fingerprint density at radius 2 is 1.91 bits per heavy atom. The van der Waals surface area contributed by atoms with Crippen LogP contribution in [0.2, 0.25) is 0 Å². The van der Waals surface area contributed by atoms with E-state index in [9.17, 15) is 9.59 Å². The maximum Gasteiger partial charge on any atom is 0.338 e. The van der Waals surface area contributed by atoms with Gasteiger partial charge in [-0.25, -0.2) is 14.2 Å². The van der Waals surface area contributed by atoms with Gasteiger partial charge in [0.05, 0.1) is 23.2 Å². The van der Waals surface area contributed by atoms with Crippen LogP contribution in [-0.4, -0.2) is 22.0 Å². The summed E-state index contributed by atoms with van der Waals surface area (Å²) in [5.74, 6) is 0.875. The van der Waals surface area contributed by atoms with Crippen LogP contribution in [0.4, 0.5) is 0 Å². The van der Waals surface area contributed by atoms with Gasteiger partial charge in [-0.2, -0.15) is 0 Å². The second kappa shape index (κ2) is 7.76. The Labute approximate surface area is 187 Å². The van der Waals surface area contributed by atoms with E-state index in [0.717, 1.165) is 27.7 Å². The largest absolute Gasteiger partial charge is 0.462 e. The van der Waals surface area contributed by atoms with E-state index in [4.69, 9.17) is 9.15 Å². The van der Waals surface area contributed by atoms with Gasteiger partial charge in [-0.3, -0.25) is 4.79 Å². The second-order valence-electron chi connectivity index (χ2n) is 7.52. The number of ether oxygens (including phenoxy) is 1. The van der Waals surface area contributed by atoms with Crippen LogP contribution >= 0.6 is 11.3 Å². The molecule has 0 amide bonds. The van der Waals surface area contributed by atoms with E-state index in [2.05, 4.69) is 4.98 Å². The van der Waals surface area contributed by atoms with Gasteiger partial charge in [0.2, 0.25) is 0 Å². The average Bonchev–Trinajstić information content (AvgIpc) is 3.48. The summed E-state index contributed by atoms with van der Waals surface area (Å²) in [6.45, 7) is 6.17. The summed E-state index contributed by atoms with van der Waals surface area (Å²) in [6.07, 6.45) is 1.74. The Kier molecular flexibility index (Phi) is 4.90. The molecule has 0 atom stereocenters. The van der Waals surface area contributed by atoms with Gasteiger partial charge in [0, 0.05) is 11.6 Å². The van der Waals surface area contributed by atoms with Gasteiger partial charge in [-0.1, -0.05) is 29.5 Å². The van der Waals surface area contributed by atoms with E-state index in [1.165, 1.54) is 11.3 Å². The van der Waals surface area contributed by atoms with Crippen LogP contribution in [0.5, 0.6) is 0 Å². The van der Waals surface area contributed by atoms with Crippen molar-refractivity contribution in [2.45, 2.75) is 20.8 Å². The Morgan fingerprint density at radius 1 is 1.12 bits per heavy atom. The molecule has 3 aromatic heterocycles. The third-order valence-electron chi connectivity index (χ3n) is 5.52. The smallest absolute Gasteiger partial charge is 0.338 e. The van der Waals surface area contributed by atoms with Crippen molar-refractivity contribution in [3.8, 4) is 11.3 Å². The van der Waals surface area contributed by atoms with Gasteiger partial charge in [0.1, 0.15) is 16.1 Å². The van der Waals surface area contributed by atoms with Crippen molar-refractivity contribution in [1.82, 2.24) is 9.38 Å². The van der Waals surface area contributed by atoms with Crippen LogP contribution < -0.4 is 10.1 Å². The maximum atomic E-state index is 13.1. The third-order valence-corrected chi connectivity index (χ3v) is 6.48. The van der Waals surface area contributed by atoms with E-state index in [1.807, 2.05) is 50.2 Å². The zero-order valence-corrected chi connectivity index (χ0v) is 18.7. The number of hydrogen-bond acceptors (Lipinski definition) is 6. The summed E-state index contributed by atoms with van der Waals surface area (Å²) in [5, 5.41) is 0. The number of fused-ring (bicyclic) bond motifs is 3. The summed E-state index contributed by atoms with van der Waals surface area (Å²) < 4.78 is 13.2. The fourth-order valence-electron chi connectivity index (χ4n) is 3.66. The predicted octanol–water partition coefficient (Wildman–Crippen LogP) is 4.51. The van der Waals surface area contributed by atoms with Crippen molar-refractivity contribution in [3.05, 3.63) is 85.9 Å². The fourth-order valence-corrected chi connectivity index (χ4v) is 4.62. The molecule has 0 aliphatic heterocycles. The molecule has 32 heavy (non-hydrogen) atoms. The highest BCUT2D eigenvalue weighted by molar-refractivity contribution is 7.15. The van der Waals surface area contributed by atoms with Gasteiger partial charge in [-0.15, -0.1) is 0 Å². The summed E-state index contributed by atoms with van der Waals surface area (Å²) >= 11 is 1.35. The number of hydrogen-bond donors (Lipinski definition) is 0. The highest BCUT2D eigenvalue weighted by Crippen LogP contribution is 2.24. The SMILES string of the molecule is CCOC(=O)c1ccc(-c2ccc(C=c3sc4nc5c(C)c(C)ccc5n4c3=O)o2)cc1. The Morgan fingerprint density at radius 3 is 2.66 bits per heavy atom. The molecule has 0 N–H and O–H groups in total. The van der Waals surface area contributed by atoms with E-state index in [-0.39, 0.29) is 11.5 Å². The monoisotopic (exact) mass is 444 g/mol. The molecule has 0 aliphatic rings. The zero-order valence-electron chi connectivity index (χ0n) is 17.8. The lowest BCUT2D eigenvalue weighted by molar-refractivity contribution is 0.0526. The summed E-state index contributed by atoms with van der Waals surface area (Å²) in [7, 11) is 0. The molecule has 0 saturated carbocycles. The number of imidazole rings is 1. The molecule has 3 heterocycles. The zero-order chi connectivity index (χ0) is 22.4. The molecule has 7 heteroatoms. The van der Waals surface area contributed by atoms with Crippen LogP contribution in [0.1, 0.15) is 34.2 Å². The highest BCUT2D eigenvalue weighted by atomic mass is 32.1. The Balaban J connectivity index is 1.50. The summed E-state index contributed by atoms with van der Waals surface area (Å²) in [6, 6.07) is 14.7. The van der Waals surface area contributed by atoms with E-state index in [0.29, 0.717) is 33.2 Å². The first kappa shape index (κ1) is 20.2. The van der Waals surface area contributed by atoms with E-state index >= 15 is 0 Å². The molecule has 0 radical (unpaired) electrons. The number of carbonyl (C=O) groups is 1. The Bertz CT molecular complexity index is 1590. The van der Waals surface area contributed by atoms with Crippen molar-refractivity contribution in [3.63, 3.8) is 0 Å². The molecule has 5 rings (SSSR count). The fraction of sp³-hybridized carbons (Fsp3) is 0.160. The topological polar surface area (TPSA) is 73.8 Å². The normalized spacial score (nSPS) is 12.2. The quantitative estimate of drug-likeness (QED) is 0.381. The van der Waals surface area contributed by atoms with E-state index in [1.54, 1.807) is 29.5 Å². The number of aryl methyl sites for hydroxylation is 2. The van der Waals surface area contributed by atoms with Gasteiger partial charge >= 0.3 is 5.97 Å². The molecule has 5 aromatic rings. The van der Waals surface area contributed by atoms with Crippen molar-refractivity contribution in [2.75, 3.05) is 6.61 Å². The lowest BCUT2D eigenvalue weighted by Crippen LogP contribution is -2.22. The molecular weight excluding hydrogens is 424 g/mol. The number of thiazole rings is 1. The number of nitrogens with zero attached hydrogens (tertiary/aromatic N) is 2. The average molecular weight is 445 g/mol. The first-order valence-electron chi connectivity index (χ1n) is 10.3. The molecule has 0 bridgehead atoms. The summed E-state index contributed by atoms with van der Waals surface area (Å²) in [5.41, 5.74) is 5.15. The van der Waals surface area contributed by atoms with Gasteiger partial charge in [-0.05, 0) is 62.2 Å². The van der Waals surface area contributed by atoms with E-state index < -0.39 is 0 Å². The molecule has 0 saturated heterocycles. The first-order chi connectivity index (χ1) is 15.5. The van der Waals surface area contributed by atoms with Crippen molar-refractivity contribution >= 4 is 39.4 Å². The first-order valence-corrected chi connectivity index (χ1v) is 11.1. The van der Waals surface area contributed by atoms with Crippen molar-refractivity contribution in [1.29, 1.82) is 0 Å². The number of rotatable bonds is 4. The maximum absolute atomic E-state index is 13.1. The van der Waals surface area contributed by atoms with Crippen LogP contribution in [-0.2, 0) is 4.74 Å². The van der Waals surface area contributed by atoms with Gasteiger partial charge in [0.25, 0.3) is 5.56 Å². The molecule has 6 nitrogen and oxygen atoms in total. The van der Waals surface area contributed by atoms with Gasteiger partial charge in [0.15, 0.2) is 4.96 Å². The number of furan rings is 1. The third kappa shape index (κ3) is 3.31. The molecule has 2 aromatic carbocycles. The van der Waals surface area contributed by atoms with Crippen LogP contribution in [0, 0.1) is 13.8 Å². The molecule has 0 fully saturated rings. The lowest BCUT2D eigenvalue weighted by atomic mass is 10.1. The molecule has 0 aliphatic carbocycles. The molecular formula is C25H20N2O4S. The van der Waals surface area contributed by atoms with Crippen LogP contribution in [0.15, 0.2) is 57.7 Å². The minimum atomic E-state index is -0.351. The minimum Gasteiger partial charge on any atom is -0.462 e. The number of aromatic nitrogens is 2. The molecule has 0 spiro atoms. The molecule has 160 valence electrons. The highest BCUT2D eigenvalue weighted by Gasteiger charge is 2.14. The Hall–Kier alpha value is -3.71. The van der Waals surface area contributed by atoms with Crippen molar-refractivity contribution in [2.24, 2.45) is 0 Å². The van der Waals surface area contributed by atoms with Crippen molar-refractivity contribution < 1.29 is 13.9 Å². The predicted molar refractivity (Wildman–Crippen MR) is 125 cm³/mol. The van der Waals surface area contributed by atoms with Crippen LogP contribution in [0.25, 0.3) is 33.4 Å². The molecule has 0 unspecified atom stereocenters. The number of carbonyl (C=O) groups excluding carboxylic acids is 1. The number of benzene rings is 2. The number of esters is 1. The van der Waals surface area contributed by atoms with Gasteiger partial charge < -0.3 is 9.15 Å². The minimum absolute atomic E-state index is 0.104. The van der Waals surface area contributed by atoms with Crippen LogP contribution in [0.3, 0.4) is 0 Å². The second-order valence-corrected chi connectivity index (χ2v) is 8.53. The summed E-state index contributed by atoms with van der Waals surface area (Å²) in [4.78, 5) is 30.2. The standard InChI is InChI=1S/C25H20N2O4S/c1-4-30-24(29)17-8-6-16(7-9-17)20-12-10-18(31-20)13-21-23(28)27-19-11-5-14(2)15(3)22(19)26-25(27)32-21/h5-13H,4H2,1-3H3.